The number of benzene rings is 1. The van der Waals surface area contributed by atoms with Crippen LogP contribution in [0.3, 0.4) is 0 Å². The summed E-state index contributed by atoms with van der Waals surface area (Å²) in [5.41, 5.74) is 1.78. The first-order valence-corrected chi connectivity index (χ1v) is 11.5. The summed E-state index contributed by atoms with van der Waals surface area (Å²) in [6, 6.07) is 11.9. The maximum atomic E-state index is 13.3. The van der Waals surface area contributed by atoms with Crippen molar-refractivity contribution >= 4 is 33.4 Å². The van der Waals surface area contributed by atoms with Crippen LogP contribution in [-0.4, -0.2) is 35.1 Å². The van der Waals surface area contributed by atoms with Crippen molar-refractivity contribution in [1.82, 2.24) is 14.9 Å². The molecule has 0 spiro atoms. The molecule has 3 heterocycles. The van der Waals surface area contributed by atoms with Gasteiger partial charge in [-0.1, -0.05) is 44.2 Å². The lowest BCUT2D eigenvalue weighted by atomic mass is 9.97. The first-order chi connectivity index (χ1) is 14.5. The predicted molar refractivity (Wildman–Crippen MR) is 122 cm³/mol. The number of hydrogen-bond acceptors (Lipinski definition) is 5. The second-order valence-corrected chi connectivity index (χ2v) is 9.26. The Hall–Kier alpha value is -2.67. The predicted octanol–water partition coefficient (Wildman–Crippen LogP) is 3.49. The van der Waals surface area contributed by atoms with E-state index >= 15 is 0 Å². The number of fused-ring (bicyclic) bond motifs is 1. The second-order valence-electron chi connectivity index (χ2n) is 8.35. The lowest BCUT2D eigenvalue weighted by molar-refractivity contribution is -0.125. The Balaban J connectivity index is 1.66. The molecule has 1 atom stereocenters. The topological polar surface area (TPSA) is 67.2 Å². The number of nitrogens with zero attached hydrogens (tertiary/aromatic N) is 3. The molecule has 1 amide bonds. The molecule has 1 unspecified atom stereocenters. The molecule has 1 fully saturated rings. The van der Waals surface area contributed by atoms with Crippen molar-refractivity contribution in [2.75, 3.05) is 24.5 Å². The van der Waals surface area contributed by atoms with Gasteiger partial charge in [0.25, 0.3) is 5.56 Å². The molecular formula is C23H28N4O2S. The van der Waals surface area contributed by atoms with E-state index in [1.165, 1.54) is 11.3 Å². The Morgan fingerprint density at radius 2 is 2.07 bits per heavy atom. The molecule has 30 heavy (non-hydrogen) atoms. The molecule has 3 aromatic rings. The molecule has 1 aromatic carbocycles. The van der Waals surface area contributed by atoms with Crippen LogP contribution in [0.2, 0.25) is 0 Å². The van der Waals surface area contributed by atoms with Gasteiger partial charge in [0.15, 0.2) is 0 Å². The lowest BCUT2D eigenvalue weighted by Gasteiger charge is -2.34. The fourth-order valence-corrected chi connectivity index (χ4v) is 4.68. The standard InChI is InChI=1S/C23H28N4O2S/c1-16(2)13-24-21(28)18-9-6-11-26(15-18)23-25-19-10-12-30-20(19)22(29)27(23)14-17-7-4-3-5-8-17/h3-5,7-8,10,12,16,18H,6,9,11,13-15H2,1-2H3,(H,24,28). The van der Waals surface area contributed by atoms with Gasteiger partial charge in [0.2, 0.25) is 11.9 Å². The monoisotopic (exact) mass is 424 g/mol. The summed E-state index contributed by atoms with van der Waals surface area (Å²) in [6.45, 7) is 6.72. The normalized spacial score (nSPS) is 16.9. The van der Waals surface area contributed by atoms with Gasteiger partial charge in [-0.2, -0.15) is 0 Å². The highest BCUT2D eigenvalue weighted by Gasteiger charge is 2.28. The minimum atomic E-state index is -0.0854. The van der Waals surface area contributed by atoms with Gasteiger partial charge in [-0.3, -0.25) is 14.2 Å². The zero-order valence-corrected chi connectivity index (χ0v) is 18.3. The molecular weight excluding hydrogens is 396 g/mol. The maximum Gasteiger partial charge on any atom is 0.273 e. The molecule has 0 bridgehead atoms. The minimum Gasteiger partial charge on any atom is -0.356 e. The van der Waals surface area contributed by atoms with Crippen molar-refractivity contribution in [3.8, 4) is 0 Å². The van der Waals surface area contributed by atoms with E-state index in [9.17, 15) is 9.59 Å². The molecule has 0 saturated carbocycles. The number of thiophene rings is 1. The number of amides is 1. The van der Waals surface area contributed by atoms with Crippen LogP contribution in [0.5, 0.6) is 0 Å². The third-order valence-electron chi connectivity index (χ3n) is 5.49. The summed E-state index contributed by atoms with van der Waals surface area (Å²) in [7, 11) is 0. The highest BCUT2D eigenvalue weighted by molar-refractivity contribution is 7.17. The van der Waals surface area contributed by atoms with Crippen molar-refractivity contribution < 1.29 is 4.79 Å². The Morgan fingerprint density at radius 1 is 1.27 bits per heavy atom. The van der Waals surface area contributed by atoms with Crippen LogP contribution < -0.4 is 15.8 Å². The van der Waals surface area contributed by atoms with Crippen LogP contribution >= 0.6 is 11.3 Å². The number of anilines is 1. The van der Waals surface area contributed by atoms with Gasteiger partial charge in [0.05, 0.1) is 18.0 Å². The number of piperidine rings is 1. The van der Waals surface area contributed by atoms with Crippen molar-refractivity contribution in [2.45, 2.75) is 33.2 Å². The van der Waals surface area contributed by atoms with E-state index in [0.29, 0.717) is 36.2 Å². The molecule has 6 nitrogen and oxygen atoms in total. The van der Waals surface area contributed by atoms with Gasteiger partial charge in [-0.05, 0) is 35.8 Å². The van der Waals surface area contributed by atoms with Gasteiger partial charge in [0.1, 0.15) is 4.70 Å². The summed E-state index contributed by atoms with van der Waals surface area (Å²) in [4.78, 5) is 32.9. The smallest absolute Gasteiger partial charge is 0.273 e. The van der Waals surface area contributed by atoms with E-state index in [2.05, 4.69) is 24.1 Å². The van der Waals surface area contributed by atoms with Crippen molar-refractivity contribution in [3.05, 3.63) is 57.7 Å². The number of nitrogens with one attached hydrogen (secondary N) is 1. The Morgan fingerprint density at radius 3 is 2.83 bits per heavy atom. The summed E-state index contributed by atoms with van der Waals surface area (Å²) >= 11 is 1.43. The third kappa shape index (κ3) is 4.41. The van der Waals surface area contributed by atoms with E-state index in [-0.39, 0.29) is 17.4 Å². The van der Waals surface area contributed by atoms with Crippen molar-refractivity contribution in [2.24, 2.45) is 11.8 Å². The van der Waals surface area contributed by atoms with E-state index in [1.54, 1.807) is 4.57 Å². The second kappa shape index (κ2) is 9.00. The van der Waals surface area contributed by atoms with E-state index in [0.717, 1.165) is 30.5 Å². The number of aromatic nitrogens is 2. The van der Waals surface area contributed by atoms with Crippen LogP contribution in [0, 0.1) is 11.8 Å². The number of carbonyl (C=O) groups is 1. The molecule has 1 aliphatic rings. The molecule has 0 radical (unpaired) electrons. The molecule has 1 N–H and O–H groups in total. The molecule has 0 aliphatic carbocycles. The average Bonchev–Trinajstić information content (AvgIpc) is 3.23. The number of carbonyl (C=O) groups excluding carboxylic acids is 1. The SMILES string of the molecule is CC(C)CNC(=O)C1CCCN(c2nc3ccsc3c(=O)n2Cc2ccccc2)C1. The first-order valence-electron chi connectivity index (χ1n) is 10.6. The molecule has 158 valence electrons. The fourth-order valence-electron chi connectivity index (χ4n) is 3.90. The zero-order valence-electron chi connectivity index (χ0n) is 17.5. The number of rotatable bonds is 6. The summed E-state index contributed by atoms with van der Waals surface area (Å²) in [6.07, 6.45) is 1.77. The van der Waals surface area contributed by atoms with E-state index in [4.69, 9.17) is 4.98 Å². The fraction of sp³-hybridized carbons (Fsp3) is 0.435. The third-order valence-corrected chi connectivity index (χ3v) is 6.38. The van der Waals surface area contributed by atoms with Crippen LogP contribution in [0.15, 0.2) is 46.6 Å². The van der Waals surface area contributed by atoms with Gasteiger partial charge in [-0.15, -0.1) is 11.3 Å². The molecule has 4 rings (SSSR count). The Labute approximate surface area is 180 Å². The zero-order chi connectivity index (χ0) is 21.1. The molecule has 1 aliphatic heterocycles. The number of hydrogen-bond donors (Lipinski definition) is 1. The molecule has 2 aromatic heterocycles. The molecule has 7 heteroatoms. The Bertz CT molecular complexity index is 1070. The van der Waals surface area contributed by atoms with Gasteiger partial charge in [0, 0.05) is 19.6 Å². The van der Waals surface area contributed by atoms with Crippen LogP contribution in [-0.2, 0) is 11.3 Å². The van der Waals surface area contributed by atoms with E-state index < -0.39 is 0 Å². The highest BCUT2D eigenvalue weighted by atomic mass is 32.1. The first kappa shape index (κ1) is 20.6. The van der Waals surface area contributed by atoms with Crippen molar-refractivity contribution in [3.63, 3.8) is 0 Å². The average molecular weight is 425 g/mol. The van der Waals surface area contributed by atoms with Crippen LogP contribution in [0.25, 0.3) is 10.2 Å². The van der Waals surface area contributed by atoms with Crippen LogP contribution in [0.1, 0.15) is 32.3 Å². The van der Waals surface area contributed by atoms with E-state index in [1.807, 2.05) is 41.8 Å². The maximum absolute atomic E-state index is 13.3. The lowest BCUT2D eigenvalue weighted by Crippen LogP contribution is -2.45. The quantitative estimate of drug-likeness (QED) is 0.658. The largest absolute Gasteiger partial charge is 0.356 e. The van der Waals surface area contributed by atoms with Gasteiger partial charge >= 0.3 is 0 Å². The molecule has 1 saturated heterocycles. The summed E-state index contributed by atoms with van der Waals surface area (Å²) in [5.74, 6) is 1.10. The summed E-state index contributed by atoms with van der Waals surface area (Å²) in [5, 5.41) is 4.97. The van der Waals surface area contributed by atoms with Crippen LogP contribution in [0.4, 0.5) is 5.95 Å². The minimum absolute atomic E-state index is 0.0137. The highest BCUT2D eigenvalue weighted by Crippen LogP contribution is 2.25. The summed E-state index contributed by atoms with van der Waals surface area (Å²) < 4.78 is 2.45. The van der Waals surface area contributed by atoms with Crippen molar-refractivity contribution in [1.29, 1.82) is 0 Å². The van der Waals surface area contributed by atoms with Gasteiger partial charge < -0.3 is 10.2 Å². The Kier molecular flexibility index (Phi) is 6.18. The van der Waals surface area contributed by atoms with Gasteiger partial charge in [-0.25, -0.2) is 4.98 Å².